The molecule has 0 atom stereocenters. The summed E-state index contributed by atoms with van der Waals surface area (Å²) in [5.74, 6) is 0.262. The maximum Gasteiger partial charge on any atom is 0.179 e. The number of benzene rings is 1. The van der Waals surface area contributed by atoms with Gasteiger partial charge in [0.1, 0.15) is 0 Å². The average molecular weight is 199 g/mol. The Labute approximate surface area is 88.3 Å². The average Bonchev–Trinajstić information content (AvgIpc) is 2.68. The molecule has 76 valence electrons. The van der Waals surface area contributed by atoms with Crippen LogP contribution in [0.15, 0.2) is 12.1 Å². The summed E-state index contributed by atoms with van der Waals surface area (Å²) in [6.07, 6.45) is 1.57. The smallest absolute Gasteiger partial charge is 0.179 e. The first-order valence-electron chi connectivity index (χ1n) is 5.32. The van der Waals surface area contributed by atoms with Gasteiger partial charge in [-0.05, 0) is 37.5 Å². The Morgan fingerprint density at radius 2 is 2.00 bits per heavy atom. The Kier molecular flexibility index (Phi) is 1.58. The molecule has 0 spiro atoms. The third kappa shape index (κ3) is 1.08. The van der Waals surface area contributed by atoms with Gasteiger partial charge in [0.05, 0.1) is 5.69 Å². The predicted molar refractivity (Wildman–Crippen MR) is 60.4 cm³/mol. The number of rotatable bonds is 0. The number of nitrogens with one attached hydrogen (secondary N) is 1. The van der Waals surface area contributed by atoms with Gasteiger partial charge in [0, 0.05) is 17.3 Å². The number of Topliss-reactive ketones (excluding diaryl/α,β-unsaturated/α-hetero) is 1. The molecule has 2 heteroatoms. The lowest BCUT2D eigenvalue weighted by Crippen LogP contribution is -1.91. The molecule has 0 bridgehead atoms. The van der Waals surface area contributed by atoms with Crippen LogP contribution in [-0.2, 0) is 6.42 Å². The number of hydrogen-bond acceptors (Lipinski definition) is 1. The van der Waals surface area contributed by atoms with Crippen LogP contribution in [0.2, 0.25) is 0 Å². The number of hydrogen-bond donors (Lipinski definition) is 1. The molecule has 1 N–H and O–H groups in total. The highest BCUT2D eigenvalue weighted by atomic mass is 16.1. The summed E-state index contributed by atoms with van der Waals surface area (Å²) < 4.78 is 0. The maximum absolute atomic E-state index is 11.6. The minimum absolute atomic E-state index is 0.262. The van der Waals surface area contributed by atoms with Gasteiger partial charge in [-0.15, -0.1) is 0 Å². The van der Waals surface area contributed by atoms with Crippen molar-refractivity contribution in [3.8, 4) is 0 Å². The van der Waals surface area contributed by atoms with E-state index in [0.717, 1.165) is 17.6 Å². The monoisotopic (exact) mass is 199 g/mol. The van der Waals surface area contributed by atoms with E-state index in [9.17, 15) is 4.79 Å². The number of aromatic amines is 1. The standard InChI is InChI=1S/C13H13NO/c1-7-5-8(2)12-10(6-7)9-3-4-11(15)13(9)14-12/h5-6,14H,3-4H2,1-2H3. The highest BCUT2D eigenvalue weighted by Crippen LogP contribution is 2.32. The second-order valence-corrected chi connectivity index (χ2v) is 4.41. The van der Waals surface area contributed by atoms with E-state index in [1.165, 1.54) is 22.1 Å². The Morgan fingerprint density at radius 3 is 2.80 bits per heavy atom. The van der Waals surface area contributed by atoms with Crippen LogP contribution in [-0.4, -0.2) is 10.8 Å². The second-order valence-electron chi connectivity index (χ2n) is 4.41. The molecule has 15 heavy (non-hydrogen) atoms. The lowest BCUT2D eigenvalue weighted by Gasteiger charge is -2.00. The quantitative estimate of drug-likeness (QED) is 0.695. The van der Waals surface area contributed by atoms with Crippen molar-refractivity contribution in [1.29, 1.82) is 0 Å². The normalized spacial score (nSPS) is 14.9. The highest BCUT2D eigenvalue weighted by molar-refractivity contribution is 6.06. The van der Waals surface area contributed by atoms with E-state index in [1.54, 1.807) is 0 Å². The molecule has 1 heterocycles. The number of ketones is 1. The summed E-state index contributed by atoms with van der Waals surface area (Å²) in [4.78, 5) is 14.9. The Bertz CT molecular complexity index is 578. The van der Waals surface area contributed by atoms with E-state index in [1.807, 2.05) is 0 Å². The van der Waals surface area contributed by atoms with E-state index in [-0.39, 0.29) is 5.78 Å². The summed E-state index contributed by atoms with van der Waals surface area (Å²) in [6, 6.07) is 4.33. The Balaban J connectivity index is 2.44. The van der Waals surface area contributed by atoms with E-state index in [0.29, 0.717) is 6.42 Å². The van der Waals surface area contributed by atoms with E-state index in [4.69, 9.17) is 0 Å². The number of aryl methyl sites for hydroxylation is 3. The van der Waals surface area contributed by atoms with Crippen LogP contribution in [0.1, 0.15) is 33.6 Å². The molecule has 1 aliphatic rings. The van der Waals surface area contributed by atoms with Crippen molar-refractivity contribution in [2.45, 2.75) is 26.7 Å². The molecule has 3 rings (SSSR count). The van der Waals surface area contributed by atoms with Gasteiger partial charge in [0.2, 0.25) is 0 Å². The van der Waals surface area contributed by atoms with E-state index >= 15 is 0 Å². The molecule has 0 amide bonds. The molecular weight excluding hydrogens is 186 g/mol. The number of fused-ring (bicyclic) bond motifs is 3. The molecule has 1 aromatic heterocycles. The summed E-state index contributed by atoms with van der Waals surface area (Å²) >= 11 is 0. The van der Waals surface area contributed by atoms with Gasteiger partial charge < -0.3 is 4.98 Å². The molecule has 0 saturated carbocycles. The molecular formula is C13H13NO. The second kappa shape index (κ2) is 2.72. The van der Waals surface area contributed by atoms with Gasteiger partial charge in [-0.2, -0.15) is 0 Å². The van der Waals surface area contributed by atoms with Gasteiger partial charge in [0.25, 0.3) is 0 Å². The zero-order valence-corrected chi connectivity index (χ0v) is 8.98. The predicted octanol–water partition coefficient (Wildman–Crippen LogP) is 2.91. The largest absolute Gasteiger partial charge is 0.352 e. The third-order valence-corrected chi connectivity index (χ3v) is 3.24. The SMILES string of the molecule is Cc1cc(C)c2[nH]c3c(c2c1)CCC3=O. The minimum Gasteiger partial charge on any atom is -0.352 e. The van der Waals surface area contributed by atoms with Crippen molar-refractivity contribution < 1.29 is 4.79 Å². The van der Waals surface area contributed by atoms with Crippen LogP contribution in [0.3, 0.4) is 0 Å². The first-order valence-corrected chi connectivity index (χ1v) is 5.32. The van der Waals surface area contributed by atoms with Crippen LogP contribution in [0.5, 0.6) is 0 Å². The molecule has 0 saturated heterocycles. The van der Waals surface area contributed by atoms with Crippen LogP contribution in [0, 0.1) is 13.8 Å². The Hall–Kier alpha value is -1.57. The molecule has 2 aromatic rings. The number of aromatic nitrogens is 1. The van der Waals surface area contributed by atoms with Crippen molar-refractivity contribution in [2.75, 3.05) is 0 Å². The molecule has 2 nitrogen and oxygen atoms in total. The van der Waals surface area contributed by atoms with Gasteiger partial charge in [-0.25, -0.2) is 0 Å². The lowest BCUT2D eigenvalue weighted by molar-refractivity contribution is 0.0991. The van der Waals surface area contributed by atoms with Crippen molar-refractivity contribution in [2.24, 2.45) is 0 Å². The number of carbonyl (C=O) groups excluding carboxylic acids is 1. The fourth-order valence-electron chi connectivity index (χ4n) is 2.57. The zero-order valence-electron chi connectivity index (χ0n) is 8.98. The molecule has 0 radical (unpaired) electrons. The molecule has 0 unspecified atom stereocenters. The highest BCUT2D eigenvalue weighted by Gasteiger charge is 2.24. The van der Waals surface area contributed by atoms with E-state index < -0.39 is 0 Å². The molecule has 0 aliphatic heterocycles. The topological polar surface area (TPSA) is 32.9 Å². The zero-order chi connectivity index (χ0) is 10.6. The third-order valence-electron chi connectivity index (χ3n) is 3.24. The molecule has 0 fully saturated rings. The van der Waals surface area contributed by atoms with Gasteiger partial charge >= 0.3 is 0 Å². The summed E-state index contributed by atoms with van der Waals surface area (Å²) in [5.41, 5.74) is 5.70. The van der Waals surface area contributed by atoms with Crippen molar-refractivity contribution in [1.82, 2.24) is 4.98 Å². The molecule has 1 aliphatic carbocycles. The van der Waals surface area contributed by atoms with E-state index in [2.05, 4.69) is 31.0 Å². The van der Waals surface area contributed by atoms with Crippen LogP contribution in [0.4, 0.5) is 0 Å². The fourth-order valence-corrected chi connectivity index (χ4v) is 2.57. The summed E-state index contributed by atoms with van der Waals surface area (Å²) in [6.45, 7) is 4.19. The maximum atomic E-state index is 11.6. The summed E-state index contributed by atoms with van der Waals surface area (Å²) in [7, 11) is 0. The van der Waals surface area contributed by atoms with Gasteiger partial charge in [-0.1, -0.05) is 11.6 Å². The first kappa shape index (κ1) is 8.72. The van der Waals surface area contributed by atoms with Crippen molar-refractivity contribution in [3.63, 3.8) is 0 Å². The van der Waals surface area contributed by atoms with Crippen molar-refractivity contribution in [3.05, 3.63) is 34.5 Å². The van der Waals surface area contributed by atoms with Crippen molar-refractivity contribution >= 4 is 16.7 Å². The number of carbonyl (C=O) groups is 1. The van der Waals surface area contributed by atoms with Crippen LogP contribution in [0.25, 0.3) is 10.9 Å². The Morgan fingerprint density at radius 1 is 1.20 bits per heavy atom. The molecule has 1 aromatic carbocycles. The fraction of sp³-hybridized carbons (Fsp3) is 0.308. The lowest BCUT2D eigenvalue weighted by atomic mass is 10.1. The summed E-state index contributed by atoms with van der Waals surface area (Å²) in [5, 5.41) is 1.24. The van der Waals surface area contributed by atoms with Gasteiger partial charge in [0.15, 0.2) is 5.78 Å². The number of H-pyrrole nitrogens is 1. The minimum atomic E-state index is 0.262. The first-order chi connectivity index (χ1) is 7.16. The van der Waals surface area contributed by atoms with Crippen LogP contribution >= 0.6 is 0 Å². The van der Waals surface area contributed by atoms with Gasteiger partial charge in [-0.3, -0.25) is 4.79 Å². The van der Waals surface area contributed by atoms with Crippen LogP contribution < -0.4 is 0 Å².